The molecule has 340 valence electrons. The Morgan fingerprint density at radius 3 is 1.11 bits per heavy atom. The number of amides is 2. The zero-order valence-corrected chi connectivity index (χ0v) is 36.5. The van der Waals surface area contributed by atoms with Gasteiger partial charge in [-0.15, -0.1) is 0 Å². The summed E-state index contributed by atoms with van der Waals surface area (Å²) in [5.41, 5.74) is 4.25. The molecular formula is C50H44F2N2O12. The normalized spacial score (nSPS) is 10.4. The summed E-state index contributed by atoms with van der Waals surface area (Å²) in [7, 11) is 2.41. The van der Waals surface area contributed by atoms with E-state index in [4.69, 9.17) is 9.47 Å². The lowest BCUT2D eigenvalue weighted by Gasteiger charge is -2.15. The van der Waals surface area contributed by atoms with Gasteiger partial charge in [-0.05, 0) is 159 Å². The predicted molar refractivity (Wildman–Crippen MR) is 238 cm³/mol. The monoisotopic (exact) mass is 902 g/mol. The standard InChI is InChI=1S/2C25H22FNO6/c2*1-14-10-18(27-22(29)13-23(30)32-3)11-15(2)25(14)33-19-8-9-21(28)20(12-19)24(31)16-4-6-17(26)7-5-16/h2*4-12,28H,13H2,1-3H3,(H,27,29). The van der Waals surface area contributed by atoms with Gasteiger partial charge in [0.2, 0.25) is 11.8 Å². The van der Waals surface area contributed by atoms with Crippen LogP contribution in [0.3, 0.4) is 0 Å². The van der Waals surface area contributed by atoms with Crippen molar-refractivity contribution in [2.45, 2.75) is 40.5 Å². The van der Waals surface area contributed by atoms with Gasteiger partial charge in [0.25, 0.3) is 0 Å². The van der Waals surface area contributed by atoms with Gasteiger partial charge in [0.15, 0.2) is 11.6 Å². The zero-order valence-electron chi connectivity index (χ0n) is 36.5. The highest BCUT2D eigenvalue weighted by Crippen LogP contribution is 2.36. The van der Waals surface area contributed by atoms with Crippen molar-refractivity contribution in [2.75, 3.05) is 24.9 Å². The van der Waals surface area contributed by atoms with Crippen molar-refractivity contribution in [1.82, 2.24) is 0 Å². The van der Waals surface area contributed by atoms with Crippen molar-refractivity contribution in [2.24, 2.45) is 0 Å². The molecular weight excluding hydrogens is 859 g/mol. The number of carbonyl (C=O) groups is 6. The molecule has 0 unspecified atom stereocenters. The average Bonchev–Trinajstić information content (AvgIpc) is 3.27. The minimum atomic E-state index is -0.640. The van der Waals surface area contributed by atoms with Gasteiger partial charge >= 0.3 is 11.9 Å². The van der Waals surface area contributed by atoms with E-state index in [0.29, 0.717) is 56.6 Å². The third-order valence-electron chi connectivity index (χ3n) is 9.63. The van der Waals surface area contributed by atoms with E-state index in [9.17, 15) is 47.8 Å². The van der Waals surface area contributed by atoms with E-state index in [1.165, 1.54) is 99.1 Å². The number of aryl methyl sites for hydroxylation is 4. The Bertz CT molecular complexity index is 2590. The van der Waals surface area contributed by atoms with E-state index in [0.717, 1.165) is 0 Å². The minimum Gasteiger partial charge on any atom is -0.507 e. The Morgan fingerprint density at radius 2 is 0.803 bits per heavy atom. The molecule has 0 spiro atoms. The SMILES string of the molecule is COC(=O)CC(=O)Nc1cc(C)c(Oc2ccc(O)c(C(=O)c3ccc(F)cc3)c2)c(C)c1.COC(=O)CC(=O)Nc1cc(C)c(Oc2ccc(O)c(C(=O)c3ccc(F)cc3)c2)c(C)c1. The third kappa shape index (κ3) is 12.8. The summed E-state index contributed by atoms with van der Waals surface area (Å²) in [5.74, 6) is -3.00. The van der Waals surface area contributed by atoms with Gasteiger partial charge in [-0.25, -0.2) is 8.78 Å². The number of esters is 2. The second-order valence-corrected chi connectivity index (χ2v) is 14.7. The maximum Gasteiger partial charge on any atom is 0.315 e. The molecule has 16 heteroatoms. The fourth-order valence-corrected chi connectivity index (χ4v) is 6.45. The number of rotatable bonds is 14. The summed E-state index contributed by atoms with van der Waals surface area (Å²) in [6.45, 7) is 7.12. The number of hydrogen-bond donors (Lipinski definition) is 4. The van der Waals surface area contributed by atoms with Crippen molar-refractivity contribution in [3.05, 3.63) is 165 Å². The maximum atomic E-state index is 13.2. The number of phenolic OH excluding ortho intramolecular Hbond substituents is 2. The lowest BCUT2D eigenvalue weighted by molar-refractivity contribution is -0.144. The van der Waals surface area contributed by atoms with Crippen molar-refractivity contribution in [1.29, 1.82) is 0 Å². The van der Waals surface area contributed by atoms with Crippen molar-refractivity contribution >= 4 is 46.7 Å². The Hall–Kier alpha value is -8.40. The van der Waals surface area contributed by atoms with Crippen molar-refractivity contribution in [3.63, 3.8) is 0 Å². The molecule has 6 aromatic carbocycles. The van der Waals surface area contributed by atoms with E-state index >= 15 is 0 Å². The zero-order chi connectivity index (χ0) is 48.2. The molecule has 66 heavy (non-hydrogen) atoms. The van der Waals surface area contributed by atoms with Gasteiger partial charge in [0.05, 0.1) is 25.3 Å². The molecule has 0 saturated heterocycles. The van der Waals surface area contributed by atoms with Gasteiger partial charge in [-0.2, -0.15) is 0 Å². The van der Waals surface area contributed by atoms with Crippen LogP contribution >= 0.6 is 0 Å². The van der Waals surface area contributed by atoms with Crippen LogP contribution in [0.15, 0.2) is 109 Å². The number of nitrogens with one attached hydrogen (secondary N) is 2. The molecule has 0 aliphatic carbocycles. The number of aromatic hydroxyl groups is 2. The number of ether oxygens (including phenoxy) is 4. The summed E-state index contributed by atoms with van der Waals surface area (Å²) >= 11 is 0. The maximum absolute atomic E-state index is 13.2. The quantitative estimate of drug-likeness (QED) is 0.0459. The van der Waals surface area contributed by atoms with Crippen molar-refractivity contribution in [3.8, 4) is 34.5 Å². The third-order valence-corrected chi connectivity index (χ3v) is 9.63. The van der Waals surface area contributed by atoms with E-state index in [-0.39, 0.29) is 33.8 Å². The molecule has 6 aromatic rings. The molecule has 14 nitrogen and oxygen atoms in total. The minimum absolute atomic E-state index is 0.0149. The van der Waals surface area contributed by atoms with Crippen LogP contribution in [0.5, 0.6) is 34.5 Å². The lowest BCUT2D eigenvalue weighted by Crippen LogP contribution is -2.17. The summed E-state index contributed by atoms with van der Waals surface area (Å²) in [6.07, 6.45) is -0.795. The number of anilines is 2. The van der Waals surface area contributed by atoms with Crippen LogP contribution in [0.4, 0.5) is 20.2 Å². The van der Waals surface area contributed by atoms with Gasteiger partial charge < -0.3 is 39.8 Å². The molecule has 0 bridgehead atoms. The van der Waals surface area contributed by atoms with Gasteiger partial charge in [0, 0.05) is 22.5 Å². The Balaban J connectivity index is 0.000000247. The van der Waals surface area contributed by atoms with Crippen LogP contribution in [-0.4, -0.2) is 59.8 Å². The molecule has 0 aliphatic heterocycles. The molecule has 0 fully saturated rings. The number of phenols is 2. The second kappa shape index (κ2) is 21.8. The summed E-state index contributed by atoms with van der Waals surface area (Å²) in [5, 5.41) is 25.6. The first kappa shape index (κ1) is 48.6. The number of ketones is 2. The molecule has 6 rings (SSSR count). The number of methoxy groups -OCH3 is 2. The van der Waals surface area contributed by atoms with Crippen LogP contribution in [0.25, 0.3) is 0 Å². The first-order chi connectivity index (χ1) is 31.3. The molecule has 0 heterocycles. The fraction of sp³-hybridized carbons (Fsp3) is 0.160. The predicted octanol–water partition coefficient (Wildman–Crippen LogP) is 9.35. The smallest absolute Gasteiger partial charge is 0.315 e. The van der Waals surface area contributed by atoms with Crippen LogP contribution in [0.1, 0.15) is 66.9 Å². The number of carbonyl (C=O) groups excluding carboxylic acids is 6. The highest BCUT2D eigenvalue weighted by Gasteiger charge is 2.19. The second-order valence-electron chi connectivity index (χ2n) is 14.7. The van der Waals surface area contributed by atoms with Gasteiger partial charge in [-0.1, -0.05) is 0 Å². The highest BCUT2D eigenvalue weighted by molar-refractivity contribution is 6.11. The number of benzene rings is 6. The van der Waals surface area contributed by atoms with Gasteiger partial charge in [0.1, 0.15) is 59.0 Å². The molecule has 4 N–H and O–H groups in total. The van der Waals surface area contributed by atoms with E-state index in [2.05, 4.69) is 20.1 Å². The van der Waals surface area contributed by atoms with Crippen LogP contribution in [-0.2, 0) is 28.7 Å². The Labute approximate surface area is 377 Å². The molecule has 0 radical (unpaired) electrons. The molecule has 2 amide bonds. The Morgan fingerprint density at radius 1 is 0.485 bits per heavy atom. The fourth-order valence-electron chi connectivity index (χ4n) is 6.45. The molecule has 0 aliphatic rings. The Kier molecular flexibility index (Phi) is 16.1. The van der Waals surface area contributed by atoms with Crippen molar-refractivity contribution < 1.29 is 66.7 Å². The molecule has 0 atom stereocenters. The van der Waals surface area contributed by atoms with E-state index in [1.807, 2.05) is 0 Å². The highest BCUT2D eigenvalue weighted by atomic mass is 19.1. The molecule has 0 saturated carbocycles. The summed E-state index contributed by atoms with van der Waals surface area (Å²) < 4.78 is 47.2. The first-order valence-electron chi connectivity index (χ1n) is 19.9. The summed E-state index contributed by atoms with van der Waals surface area (Å²) in [4.78, 5) is 71.9. The molecule has 0 aromatic heterocycles. The first-order valence-corrected chi connectivity index (χ1v) is 19.9. The van der Waals surface area contributed by atoms with E-state index in [1.54, 1.807) is 52.0 Å². The average molecular weight is 903 g/mol. The number of halogens is 2. The largest absolute Gasteiger partial charge is 0.507 e. The number of hydrogen-bond acceptors (Lipinski definition) is 12. The summed E-state index contributed by atoms with van der Waals surface area (Å²) in [6, 6.07) is 25.3. The van der Waals surface area contributed by atoms with Gasteiger partial charge in [-0.3, -0.25) is 28.8 Å². The lowest BCUT2D eigenvalue weighted by atomic mass is 10.0. The van der Waals surface area contributed by atoms with Crippen LogP contribution in [0, 0.1) is 39.3 Å². The van der Waals surface area contributed by atoms with Crippen LogP contribution in [0.2, 0.25) is 0 Å². The van der Waals surface area contributed by atoms with E-state index < -0.39 is 59.8 Å². The topological polar surface area (TPSA) is 204 Å². The van der Waals surface area contributed by atoms with Crippen LogP contribution < -0.4 is 20.1 Å².